The van der Waals surface area contributed by atoms with Crippen LogP contribution in [0.3, 0.4) is 0 Å². The highest BCUT2D eigenvalue weighted by Gasteiger charge is 2.28. The van der Waals surface area contributed by atoms with Gasteiger partial charge in [-0.2, -0.15) is 0 Å². The van der Waals surface area contributed by atoms with Crippen molar-refractivity contribution in [1.82, 2.24) is 0 Å². The zero-order valence-corrected chi connectivity index (χ0v) is 15.8. The fraction of sp³-hybridized carbons (Fsp3) is 0.190. The molecule has 0 spiro atoms. The van der Waals surface area contributed by atoms with Crippen LogP contribution in [0.4, 0.5) is 0 Å². The molecule has 4 rings (SSSR count). The Morgan fingerprint density at radius 3 is 2.28 bits per heavy atom. The van der Waals surface area contributed by atoms with Gasteiger partial charge >= 0.3 is 0 Å². The molecule has 0 bridgehead atoms. The Bertz CT molecular complexity index is 1230. The topological polar surface area (TPSA) is 130 Å². The van der Waals surface area contributed by atoms with Crippen molar-refractivity contribution in [3.05, 3.63) is 40.1 Å². The first kappa shape index (κ1) is 18.5. The molecule has 0 saturated carbocycles. The second-order valence-corrected chi connectivity index (χ2v) is 7.21. The van der Waals surface area contributed by atoms with E-state index in [0.29, 0.717) is 11.3 Å². The predicted molar refractivity (Wildman–Crippen MR) is 105 cm³/mol. The summed E-state index contributed by atoms with van der Waals surface area (Å²) in [6.07, 6.45) is 3.37. The third-order valence-corrected chi connectivity index (χ3v) is 4.68. The lowest BCUT2D eigenvalue weighted by Crippen LogP contribution is -2.27. The van der Waals surface area contributed by atoms with Crippen molar-refractivity contribution >= 4 is 17.0 Å². The Hall–Kier alpha value is -3.81. The second kappa shape index (κ2) is 6.10. The molecule has 150 valence electrons. The molecular formula is C21H18O8. The highest BCUT2D eigenvalue weighted by atomic mass is 16.5. The fourth-order valence-corrected chi connectivity index (χ4v) is 3.30. The monoisotopic (exact) mass is 398 g/mol. The van der Waals surface area contributed by atoms with Crippen LogP contribution in [-0.2, 0) is 0 Å². The number of phenols is 3. The molecule has 1 aliphatic heterocycles. The standard InChI is InChI=1S/C21H18O8/c1-21(2)5-4-10-13(29-21)8-14-15(16(10)24)17(25)18(26)19(28-14)9-6-11(22)20(27-3)12(23)7-9/h4-8,22-24,26H,1-3H3. The number of aromatic hydroxyl groups is 4. The van der Waals surface area contributed by atoms with Crippen molar-refractivity contribution in [3.8, 4) is 45.8 Å². The van der Waals surface area contributed by atoms with Crippen LogP contribution in [0.15, 0.2) is 33.5 Å². The largest absolute Gasteiger partial charge is 0.506 e. The summed E-state index contributed by atoms with van der Waals surface area (Å²) in [5, 5.41) is 40.8. The van der Waals surface area contributed by atoms with Crippen LogP contribution in [0.2, 0.25) is 0 Å². The molecule has 29 heavy (non-hydrogen) atoms. The van der Waals surface area contributed by atoms with Gasteiger partial charge in [0.2, 0.25) is 16.9 Å². The summed E-state index contributed by atoms with van der Waals surface area (Å²) < 4.78 is 16.4. The van der Waals surface area contributed by atoms with Gasteiger partial charge in [-0.3, -0.25) is 4.79 Å². The zero-order chi connectivity index (χ0) is 21.1. The van der Waals surface area contributed by atoms with Gasteiger partial charge in [-0.05, 0) is 38.1 Å². The maximum Gasteiger partial charge on any atom is 0.238 e. The van der Waals surface area contributed by atoms with Crippen LogP contribution in [0, 0.1) is 0 Å². The van der Waals surface area contributed by atoms with Crippen molar-refractivity contribution in [2.24, 2.45) is 0 Å². The Morgan fingerprint density at radius 2 is 1.66 bits per heavy atom. The van der Waals surface area contributed by atoms with Crippen molar-refractivity contribution < 1.29 is 34.3 Å². The molecule has 0 amide bonds. The number of phenolic OH excluding ortho intramolecular Hbond substituents is 3. The highest BCUT2D eigenvalue weighted by Crippen LogP contribution is 2.45. The molecule has 1 aliphatic rings. The van der Waals surface area contributed by atoms with E-state index in [1.165, 1.54) is 25.3 Å². The Morgan fingerprint density at radius 1 is 1.00 bits per heavy atom. The van der Waals surface area contributed by atoms with Crippen molar-refractivity contribution in [3.63, 3.8) is 0 Å². The highest BCUT2D eigenvalue weighted by molar-refractivity contribution is 5.93. The molecule has 4 N–H and O–H groups in total. The number of hydrogen-bond acceptors (Lipinski definition) is 8. The van der Waals surface area contributed by atoms with E-state index in [1.54, 1.807) is 12.2 Å². The maximum absolute atomic E-state index is 12.8. The lowest BCUT2D eigenvalue weighted by atomic mass is 9.99. The molecule has 0 saturated heterocycles. The Kier molecular flexibility index (Phi) is 3.90. The van der Waals surface area contributed by atoms with Gasteiger partial charge < -0.3 is 34.3 Å². The number of hydrogen-bond donors (Lipinski definition) is 4. The van der Waals surface area contributed by atoms with Gasteiger partial charge in [-0.1, -0.05) is 0 Å². The quantitative estimate of drug-likeness (QED) is 0.516. The SMILES string of the molecule is COc1c(O)cc(-c2oc3cc4c(c(O)c3c(=O)c2O)C=CC(C)(C)O4)cc1O. The normalized spacial score (nSPS) is 14.4. The number of methoxy groups -OCH3 is 1. The van der Waals surface area contributed by atoms with Crippen LogP contribution < -0.4 is 14.9 Å². The first-order valence-corrected chi connectivity index (χ1v) is 8.67. The summed E-state index contributed by atoms with van der Waals surface area (Å²) in [6, 6.07) is 3.79. The van der Waals surface area contributed by atoms with Gasteiger partial charge in [0, 0.05) is 11.6 Å². The zero-order valence-electron chi connectivity index (χ0n) is 15.8. The molecular weight excluding hydrogens is 380 g/mol. The lowest BCUT2D eigenvalue weighted by Gasteiger charge is -2.28. The maximum atomic E-state index is 12.8. The van der Waals surface area contributed by atoms with Gasteiger partial charge in [-0.15, -0.1) is 0 Å². The molecule has 1 aromatic heterocycles. The van der Waals surface area contributed by atoms with Crippen molar-refractivity contribution in [2.75, 3.05) is 7.11 Å². The average molecular weight is 398 g/mol. The molecule has 0 unspecified atom stereocenters. The summed E-state index contributed by atoms with van der Waals surface area (Å²) in [4.78, 5) is 12.8. The van der Waals surface area contributed by atoms with Crippen LogP contribution >= 0.6 is 0 Å². The fourth-order valence-electron chi connectivity index (χ4n) is 3.30. The van der Waals surface area contributed by atoms with Crippen LogP contribution in [-0.4, -0.2) is 33.1 Å². The van der Waals surface area contributed by atoms with E-state index in [0.717, 1.165) is 0 Å². The summed E-state index contributed by atoms with van der Waals surface area (Å²) in [5.41, 5.74) is -1.18. The van der Waals surface area contributed by atoms with Gasteiger partial charge in [0.15, 0.2) is 17.3 Å². The van der Waals surface area contributed by atoms with Gasteiger partial charge in [0.1, 0.15) is 28.1 Å². The molecule has 2 heterocycles. The molecule has 3 aromatic rings. The van der Waals surface area contributed by atoms with E-state index in [9.17, 15) is 25.2 Å². The van der Waals surface area contributed by atoms with E-state index in [-0.39, 0.29) is 33.8 Å². The first-order valence-electron chi connectivity index (χ1n) is 8.67. The van der Waals surface area contributed by atoms with Crippen LogP contribution in [0.25, 0.3) is 28.4 Å². The molecule has 2 aromatic carbocycles. The minimum Gasteiger partial charge on any atom is -0.506 e. The van der Waals surface area contributed by atoms with Gasteiger partial charge in [0.05, 0.1) is 12.7 Å². The number of ether oxygens (including phenoxy) is 2. The Balaban J connectivity index is 2.01. The molecule has 0 radical (unpaired) electrons. The van der Waals surface area contributed by atoms with E-state index < -0.39 is 28.3 Å². The minimum atomic E-state index is -0.866. The average Bonchev–Trinajstić information content (AvgIpc) is 2.63. The summed E-state index contributed by atoms with van der Waals surface area (Å²) in [5.74, 6) is -2.12. The molecule has 0 aliphatic carbocycles. The van der Waals surface area contributed by atoms with Crippen molar-refractivity contribution in [2.45, 2.75) is 19.4 Å². The van der Waals surface area contributed by atoms with E-state index in [4.69, 9.17) is 13.9 Å². The minimum absolute atomic E-state index is 0.0278. The predicted octanol–water partition coefficient (Wildman–Crippen LogP) is 3.48. The summed E-state index contributed by atoms with van der Waals surface area (Å²) in [7, 11) is 1.27. The molecule has 8 heteroatoms. The second-order valence-electron chi connectivity index (χ2n) is 7.21. The van der Waals surface area contributed by atoms with Gasteiger partial charge in [0.25, 0.3) is 0 Å². The van der Waals surface area contributed by atoms with Crippen molar-refractivity contribution in [1.29, 1.82) is 0 Å². The third kappa shape index (κ3) is 2.80. The number of fused-ring (bicyclic) bond motifs is 2. The molecule has 8 nitrogen and oxygen atoms in total. The lowest BCUT2D eigenvalue weighted by molar-refractivity contribution is 0.158. The first-order chi connectivity index (χ1) is 13.6. The van der Waals surface area contributed by atoms with E-state index >= 15 is 0 Å². The summed E-state index contributed by atoms with van der Waals surface area (Å²) >= 11 is 0. The van der Waals surface area contributed by atoms with E-state index in [2.05, 4.69) is 0 Å². The Labute approximate surface area is 164 Å². The van der Waals surface area contributed by atoms with Crippen LogP contribution in [0.5, 0.6) is 34.5 Å². The molecule has 0 atom stereocenters. The molecule has 0 fully saturated rings. The third-order valence-electron chi connectivity index (χ3n) is 4.68. The number of benzene rings is 2. The smallest absolute Gasteiger partial charge is 0.238 e. The summed E-state index contributed by atoms with van der Waals surface area (Å²) in [6.45, 7) is 3.66. The van der Waals surface area contributed by atoms with E-state index in [1.807, 2.05) is 13.8 Å². The van der Waals surface area contributed by atoms with Crippen LogP contribution in [0.1, 0.15) is 19.4 Å². The number of rotatable bonds is 2. The van der Waals surface area contributed by atoms with Gasteiger partial charge in [-0.25, -0.2) is 0 Å².